The van der Waals surface area contributed by atoms with E-state index in [4.69, 9.17) is 10.5 Å². The Morgan fingerprint density at radius 1 is 1.41 bits per heavy atom. The van der Waals surface area contributed by atoms with Crippen LogP contribution in [0.1, 0.15) is 37.0 Å². The highest BCUT2D eigenvalue weighted by molar-refractivity contribution is 5.90. The molecule has 0 amide bonds. The van der Waals surface area contributed by atoms with Gasteiger partial charge in [-0.2, -0.15) is 0 Å². The van der Waals surface area contributed by atoms with E-state index in [0.29, 0.717) is 12.5 Å². The Balaban J connectivity index is 2.47. The van der Waals surface area contributed by atoms with Crippen molar-refractivity contribution in [2.75, 3.05) is 12.3 Å². The number of anilines is 1. The highest BCUT2D eigenvalue weighted by atomic mass is 19.1. The molecule has 0 atom stereocenters. The number of rotatable bonds is 5. The lowest BCUT2D eigenvalue weighted by Crippen LogP contribution is -2.08. The molecule has 1 aromatic carbocycles. The van der Waals surface area contributed by atoms with Gasteiger partial charge in [-0.1, -0.05) is 13.8 Å². The minimum Gasteiger partial charge on any atom is -0.462 e. The average molecular weight is 239 g/mol. The van der Waals surface area contributed by atoms with Crippen molar-refractivity contribution < 1.29 is 13.9 Å². The zero-order chi connectivity index (χ0) is 12.8. The van der Waals surface area contributed by atoms with Crippen molar-refractivity contribution in [3.05, 3.63) is 29.6 Å². The van der Waals surface area contributed by atoms with Gasteiger partial charge in [-0.15, -0.1) is 0 Å². The highest BCUT2D eigenvalue weighted by Crippen LogP contribution is 2.12. The minimum absolute atomic E-state index is 0.159. The van der Waals surface area contributed by atoms with Crippen LogP contribution in [0.25, 0.3) is 0 Å². The van der Waals surface area contributed by atoms with Gasteiger partial charge >= 0.3 is 5.97 Å². The number of nitrogens with two attached hydrogens (primary N) is 1. The first-order valence-electron chi connectivity index (χ1n) is 5.72. The lowest BCUT2D eigenvalue weighted by atomic mass is 10.1. The highest BCUT2D eigenvalue weighted by Gasteiger charge is 2.09. The Morgan fingerprint density at radius 2 is 2.12 bits per heavy atom. The maximum Gasteiger partial charge on any atom is 0.338 e. The molecule has 0 heterocycles. The first-order valence-corrected chi connectivity index (χ1v) is 5.72. The van der Waals surface area contributed by atoms with Gasteiger partial charge in [0.25, 0.3) is 0 Å². The number of carbonyl (C=O) groups is 1. The second-order valence-electron chi connectivity index (χ2n) is 4.45. The van der Waals surface area contributed by atoms with Crippen LogP contribution in [0.4, 0.5) is 10.1 Å². The molecule has 0 fully saturated rings. The molecule has 2 N–H and O–H groups in total. The fourth-order valence-corrected chi connectivity index (χ4v) is 1.47. The number of hydrogen-bond donors (Lipinski definition) is 1. The smallest absolute Gasteiger partial charge is 0.338 e. The Bertz CT molecular complexity index is 371. The maximum atomic E-state index is 13.0. The van der Waals surface area contributed by atoms with Crippen LogP contribution in [0.15, 0.2) is 18.2 Å². The number of hydrogen-bond acceptors (Lipinski definition) is 3. The predicted octanol–water partition coefficient (Wildman–Crippen LogP) is 3.00. The lowest BCUT2D eigenvalue weighted by Gasteiger charge is -2.07. The molecule has 0 spiro atoms. The van der Waals surface area contributed by atoms with Crippen LogP contribution in [0.2, 0.25) is 0 Å². The van der Waals surface area contributed by atoms with Crippen LogP contribution in [0.5, 0.6) is 0 Å². The standard InChI is InChI=1S/C13H18FNO2/c1-9(2)4-3-5-17-13(16)10-6-11(14)8-12(15)7-10/h6-9H,3-5,15H2,1-2H3. The molecule has 4 heteroatoms. The van der Waals surface area contributed by atoms with Crippen molar-refractivity contribution in [2.24, 2.45) is 5.92 Å². The quantitative estimate of drug-likeness (QED) is 0.488. The molecular weight excluding hydrogens is 221 g/mol. The van der Waals surface area contributed by atoms with Crippen molar-refractivity contribution in [1.82, 2.24) is 0 Å². The molecule has 0 aromatic heterocycles. The van der Waals surface area contributed by atoms with Gasteiger partial charge in [0, 0.05) is 5.69 Å². The SMILES string of the molecule is CC(C)CCCOC(=O)c1cc(N)cc(F)c1. The summed E-state index contributed by atoms with van der Waals surface area (Å²) in [7, 11) is 0. The normalized spacial score (nSPS) is 10.6. The molecule has 0 saturated carbocycles. The zero-order valence-corrected chi connectivity index (χ0v) is 10.2. The van der Waals surface area contributed by atoms with Crippen molar-refractivity contribution >= 4 is 11.7 Å². The molecule has 0 unspecified atom stereocenters. The summed E-state index contributed by atoms with van der Waals surface area (Å²) in [6.45, 7) is 4.57. The van der Waals surface area contributed by atoms with Gasteiger partial charge < -0.3 is 10.5 Å². The fourth-order valence-electron chi connectivity index (χ4n) is 1.47. The summed E-state index contributed by atoms with van der Waals surface area (Å²) in [5, 5.41) is 0. The number of carbonyl (C=O) groups excluding carboxylic acids is 1. The van der Waals surface area contributed by atoms with Gasteiger partial charge in [0.2, 0.25) is 0 Å². The largest absolute Gasteiger partial charge is 0.462 e. The first-order chi connectivity index (χ1) is 7.99. The van der Waals surface area contributed by atoms with Crippen LogP contribution in [0.3, 0.4) is 0 Å². The van der Waals surface area contributed by atoms with E-state index in [9.17, 15) is 9.18 Å². The van der Waals surface area contributed by atoms with Crippen molar-refractivity contribution in [1.29, 1.82) is 0 Å². The van der Waals surface area contributed by atoms with E-state index in [1.54, 1.807) is 0 Å². The van der Waals surface area contributed by atoms with Crippen LogP contribution < -0.4 is 5.73 Å². The monoisotopic (exact) mass is 239 g/mol. The maximum absolute atomic E-state index is 13.0. The van der Waals surface area contributed by atoms with Crippen molar-refractivity contribution in [3.63, 3.8) is 0 Å². The Hall–Kier alpha value is -1.58. The third kappa shape index (κ3) is 4.85. The van der Waals surface area contributed by atoms with Gasteiger partial charge in [0.05, 0.1) is 12.2 Å². The third-order valence-electron chi connectivity index (χ3n) is 2.31. The molecule has 0 saturated heterocycles. The molecule has 0 aliphatic carbocycles. The third-order valence-corrected chi connectivity index (χ3v) is 2.31. The number of ether oxygens (including phenoxy) is 1. The van der Waals surface area contributed by atoms with E-state index in [1.165, 1.54) is 6.07 Å². The van der Waals surface area contributed by atoms with Crippen LogP contribution in [-0.2, 0) is 4.74 Å². The fraction of sp³-hybridized carbons (Fsp3) is 0.462. The van der Waals surface area contributed by atoms with E-state index in [1.807, 2.05) is 0 Å². The van der Waals surface area contributed by atoms with E-state index in [-0.39, 0.29) is 11.3 Å². The number of benzene rings is 1. The second-order valence-corrected chi connectivity index (χ2v) is 4.45. The predicted molar refractivity (Wildman–Crippen MR) is 65.2 cm³/mol. The van der Waals surface area contributed by atoms with E-state index >= 15 is 0 Å². The lowest BCUT2D eigenvalue weighted by molar-refractivity contribution is 0.0494. The molecule has 94 valence electrons. The summed E-state index contributed by atoms with van der Waals surface area (Å²) in [6.07, 6.45) is 1.81. The molecule has 0 aliphatic rings. The zero-order valence-electron chi connectivity index (χ0n) is 10.2. The Kier molecular flexibility index (Phi) is 4.94. The first kappa shape index (κ1) is 13.5. The van der Waals surface area contributed by atoms with Crippen LogP contribution >= 0.6 is 0 Å². The van der Waals surface area contributed by atoms with Crippen molar-refractivity contribution in [3.8, 4) is 0 Å². The number of esters is 1. The summed E-state index contributed by atoms with van der Waals surface area (Å²) in [5.74, 6) is -0.474. The van der Waals surface area contributed by atoms with Crippen LogP contribution in [-0.4, -0.2) is 12.6 Å². The minimum atomic E-state index is -0.529. The van der Waals surface area contributed by atoms with E-state index in [0.717, 1.165) is 25.0 Å². The van der Waals surface area contributed by atoms with Gasteiger partial charge in [-0.25, -0.2) is 9.18 Å². The summed E-state index contributed by atoms with van der Waals surface area (Å²) < 4.78 is 18.0. The summed E-state index contributed by atoms with van der Waals surface area (Å²) >= 11 is 0. The molecular formula is C13H18FNO2. The molecule has 0 aliphatic heterocycles. The molecule has 3 nitrogen and oxygen atoms in total. The summed E-state index contributed by atoms with van der Waals surface area (Å²) in [4.78, 5) is 11.5. The number of halogens is 1. The number of nitrogen functional groups attached to an aromatic ring is 1. The van der Waals surface area contributed by atoms with Crippen LogP contribution in [0, 0.1) is 11.7 Å². The van der Waals surface area contributed by atoms with Gasteiger partial charge in [-0.05, 0) is 37.0 Å². The van der Waals surface area contributed by atoms with E-state index in [2.05, 4.69) is 13.8 Å². The molecule has 1 rings (SSSR count). The molecule has 0 radical (unpaired) electrons. The molecule has 1 aromatic rings. The van der Waals surface area contributed by atoms with Gasteiger partial charge in [0.15, 0.2) is 0 Å². The summed E-state index contributed by atoms with van der Waals surface area (Å²) in [5.41, 5.74) is 5.82. The second kappa shape index (κ2) is 6.23. The summed E-state index contributed by atoms with van der Waals surface area (Å²) in [6, 6.07) is 3.70. The van der Waals surface area contributed by atoms with Gasteiger partial charge in [0.1, 0.15) is 5.82 Å². The van der Waals surface area contributed by atoms with Crippen molar-refractivity contribution in [2.45, 2.75) is 26.7 Å². The topological polar surface area (TPSA) is 52.3 Å². The molecule has 0 bridgehead atoms. The van der Waals surface area contributed by atoms with Gasteiger partial charge in [-0.3, -0.25) is 0 Å². The average Bonchev–Trinajstić information content (AvgIpc) is 2.22. The molecule has 17 heavy (non-hydrogen) atoms. The van der Waals surface area contributed by atoms with E-state index < -0.39 is 11.8 Å². The Morgan fingerprint density at radius 3 is 2.71 bits per heavy atom. The Labute approximate surface area is 101 Å².